The summed E-state index contributed by atoms with van der Waals surface area (Å²) in [7, 11) is 0. The molecule has 1 N–H and O–H groups in total. The first-order chi connectivity index (χ1) is 7.78. The third-order valence-electron chi connectivity index (χ3n) is 2.63. The van der Waals surface area contributed by atoms with E-state index in [-0.39, 0.29) is 4.58 Å². The maximum Gasteiger partial charge on any atom is 0.148 e. The van der Waals surface area contributed by atoms with Gasteiger partial charge in [0.2, 0.25) is 0 Å². The van der Waals surface area contributed by atoms with Crippen LogP contribution in [0.5, 0.6) is 0 Å². The first-order valence-electron chi connectivity index (χ1n) is 5.44. The minimum Gasteiger partial charge on any atom is -0.388 e. The van der Waals surface area contributed by atoms with Gasteiger partial charge in [-0.15, -0.1) is 47.0 Å². The third-order valence-corrected chi connectivity index (χ3v) is 8.94. The van der Waals surface area contributed by atoms with Crippen LogP contribution in [0.2, 0.25) is 0 Å². The minimum absolute atomic E-state index is 0.178. The second kappa shape index (κ2) is 6.27. The molecule has 0 amide bonds. The van der Waals surface area contributed by atoms with E-state index in [1.807, 2.05) is 0 Å². The highest BCUT2D eigenvalue weighted by molar-refractivity contribution is 8.20. The lowest BCUT2D eigenvalue weighted by atomic mass is 10.3. The molecule has 2 fully saturated rings. The lowest BCUT2D eigenvalue weighted by Gasteiger charge is -2.39. The van der Waals surface area contributed by atoms with Crippen molar-refractivity contribution in [3.8, 4) is 0 Å². The average Bonchev–Trinajstić information content (AvgIpc) is 2.39. The molecule has 0 spiro atoms. The van der Waals surface area contributed by atoms with Crippen LogP contribution in [0.15, 0.2) is 0 Å². The molecule has 1 atom stereocenters. The van der Waals surface area contributed by atoms with Crippen LogP contribution < -0.4 is 0 Å². The number of carbonyl (C=O) groups is 1. The Labute approximate surface area is 113 Å². The van der Waals surface area contributed by atoms with Crippen molar-refractivity contribution in [2.75, 3.05) is 23.0 Å². The summed E-state index contributed by atoms with van der Waals surface area (Å²) in [6, 6.07) is 0. The van der Waals surface area contributed by atoms with Gasteiger partial charge in [0.15, 0.2) is 0 Å². The quantitative estimate of drug-likeness (QED) is 0.806. The molecule has 0 unspecified atom stereocenters. The molecule has 92 valence electrons. The fraction of sp³-hybridized carbons (Fsp3) is 0.900. The summed E-state index contributed by atoms with van der Waals surface area (Å²) in [4.78, 5) is 11.3. The largest absolute Gasteiger partial charge is 0.388 e. The Morgan fingerprint density at radius 1 is 1.12 bits per heavy atom. The lowest BCUT2D eigenvalue weighted by Crippen LogP contribution is -2.45. The van der Waals surface area contributed by atoms with Crippen molar-refractivity contribution >= 4 is 53.3 Å². The Morgan fingerprint density at radius 3 is 2.25 bits per heavy atom. The van der Waals surface area contributed by atoms with Gasteiger partial charge >= 0.3 is 0 Å². The highest BCUT2D eigenvalue weighted by atomic mass is 32.2. The van der Waals surface area contributed by atoms with Crippen molar-refractivity contribution in [3.05, 3.63) is 0 Å². The highest BCUT2D eigenvalue weighted by Gasteiger charge is 2.45. The fourth-order valence-corrected chi connectivity index (χ4v) is 8.10. The standard InChI is InChI=1S/C10H16O2S4/c11-7-10(15-5-2-6-16-10)8(12)9-13-3-1-4-14-9/h7-9,12H,1-6H2/t8-/m1/s1. The Morgan fingerprint density at radius 2 is 1.69 bits per heavy atom. The number of hydrogen-bond donors (Lipinski definition) is 1. The molecule has 2 saturated heterocycles. The fourth-order valence-electron chi connectivity index (χ4n) is 1.75. The van der Waals surface area contributed by atoms with Gasteiger partial charge in [0.25, 0.3) is 0 Å². The molecule has 0 aromatic rings. The van der Waals surface area contributed by atoms with Gasteiger partial charge in [0.1, 0.15) is 16.5 Å². The Balaban J connectivity index is 2.03. The Bertz CT molecular complexity index is 237. The van der Waals surface area contributed by atoms with E-state index in [9.17, 15) is 9.90 Å². The number of carbonyl (C=O) groups excluding carboxylic acids is 1. The van der Waals surface area contributed by atoms with Crippen LogP contribution in [0.3, 0.4) is 0 Å². The molecule has 0 aliphatic carbocycles. The number of aliphatic hydroxyl groups is 1. The Hall–Kier alpha value is 1.03. The van der Waals surface area contributed by atoms with Gasteiger partial charge in [0.05, 0.1) is 4.58 Å². The van der Waals surface area contributed by atoms with Crippen LogP contribution in [0.25, 0.3) is 0 Å². The second-order valence-electron chi connectivity index (χ2n) is 3.80. The molecule has 0 aromatic heterocycles. The van der Waals surface area contributed by atoms with Crippen LogP contribution in [0, 0.1) is 0 Å². The number of hydrogen-bond acceptors (Lipinski definition) is 6. The van der Waals surface area contributed by atoms with Gasteiger partial charge in [-0.25, -0.2) is 0 Å². The topological polar surface area (TPSA) is 37.3 Å². The molecule has 2 heterocycles. The molecule has 0 bridgehead atoms. The molecule has 2 aliphatic heterocycles. The van der Waals surface area contributed by atoms with E-state index in [1.165, 1.54) is 6.42 Å². The van der Waals surface area contributed by atoms with Crippen LogP contribution in [0.4, 0.5) is 0 Å². The summed E-state index contributed by atoms with van der Waals surface area (Å²) >= 11 is 6.87. The summed E-state index contributed by atoms with van der Waals surface area (Å²) < 4.78 is -0.419. The first-order valence-corrected chi connectivity index (χ1v) is 9.51. The maximum absolute atomic E-state index is 11.3. The Kier molecular flexibility index (Phi) is 5.28. The second-order valence-corrected chi connectivity index (χ2v) is 9.60. The van der Waals surface area contributed by atoms with Gasteiger partial charge in [0, 0.05) is 0 Å². The zero-order chi connectivity index (χ0) is 11.4. The van der Waals surface area contributed by atoms with Gasteiger partial charge in [-0.1, -0.05) is 0 Å². The lowest BCUT2D eigenvalue weighted by molar-refractivity contribution is -0.109. The maximum atomic E-state index is 11.3. The number of aldehydes is 1. The molecule has 16 heavy (non-hydrogen) atoms. The molecular weight excluding hydrogens is 280 g/mol. The van der Waals surface area contributed by atoms with E-state index in [2.05, 4.69) is 0 Å². The monoisotopic (exact) mass is 296 g/mol. The van der Waals surface area contributed by atoms with Crippen molar-refractivity contribution in [3.63, 3.8) is 0 Å². The molecule has 2 aliphatic rings. The van der Waals surface area contributed by atoms with E-state index in [1.54, 1.807) is 47.0 Å². The van der Waals surface area contributed by atoms with Crippen molar-refractivity contribution in [1.82, 2.24) is 0 Å². The molecule has 2 rings (SSSR count). The SMILES string of the molecule is O=CC1([C@H](O)C2SCCCS2)SCCCS1. The van der Waals surface area contributed by atoms with E-state index >= 15 is 0 Å². The van der Waals surface area contributed by atoms with Crippen LogP contribution in [0.1, 0.15) is 12.8 Å². The number of aliphatic hydroxyl groups excluding tert-OH is 1. The van der Waals surface area contributed by atoms with Crippen LogP contribution >= 0.6 is 47.0 Å². The molecule has 2 nitrogen and oxygen atoms in total. The van der Waals surface area contributed by atoms with Crippen LogP contribution in [-0.4, -0.2) is 49.2 Å². The highest BCUT2D eigenvalue weighted by Crippen LogP contribution is 2.48. The van der Waals surface area contributed by atoms with Gasteiger partial charge in [-0.05, 0) is 35.9 Å². The van der Waals surface area contributed by atoms with Crippen molar-refractivity contribution in [2.24, 2.45) is 0 Å². The zero-order valence-electron chi connectivity index (χ0n) is 8.96. The molecule has 0 radical (unpaired) electrons. The zero-order valence-corrected chi connectivity index (χ0v) is 12.2. The minimum atomic E-state index is -0.597. The van der Waals surface area contributed by atoms with Gasteiger partial charge in [-0.2, -0.15) is 0 Å². The van der Waals surface area contributed by atoms with E-state index in [0.717, 1.165) is 35.7 Å². The van der Waals surface area contributed by atoms with Gasteiger partial charge in [-0.3, -0.25) is 0 Å². The summed E-state index contributed by atoms with van der Waals surface area (Å²) in [5.41, 5.74) is 0. The summed E-state index contributed by atoms with van der Waals surface area (Å²) in [5, 5.41) is 10.4. The summed E-state index contributed by atoms with van der Waals surface area (Å²) in [5.74, 6) is 4.20. The number of thioether (sulfide) groups is 4. The third kappa shape index (κ3) is 2.88. The summed E-state index contributed by atoms with van der Waals surface area (Å²) in [6.45, 7) is 0. The van der Waals surface area contributed by atoms with Crippen molar-refractivity contribution in [1.29, 1.82) is 0 Å². The van der Waals surface area contributed by atoms with Crippen LogP contribution in [-0.2, 0) is 4.79 Å². The molecular formula is C10H16O2S4. The molecule has 0 aromatic carbocycles. The average molecular weight is 297 g/mol. The van der Waals surface area contributed by atoms with Gasteiger partial charge < -0.3 is 9.90 Å². The number of rotatable bonds is 3. The normalized spacial score (nSPS) is 28.6. The smallest absolute Gasteiger partial charge is 0.148 e. The van der Waals surface area contributed by atoms with Crippen molar-refractivity contribution < 1.29 is 9.90 Å². The predicted octanol–water partition coefficient (Wildman–Crippen LogP) is 2.31. The summed E-state index contributed by atoms with van der Waals surface area (Å²) in [6.07, 6.45) is 2.81. The predicted molar refractivity (Wildman–Crippen MR) is 77.7 cm³/mol. The van der Waals surface area contributed by atoms with E-state index in [0.29, 0.717) is 0 Å². The van der Waals surface area contributed by atoms with Crippen molar-refractivity contribution in [2.45, 2.75) is 27.6 Å². The van der Waals surface area contributed by atoms with E-state index < -0.39 is 10.2 Å². The molecule has 0 saturated carbocycles. The first kappa shape index (κ1) is 13.5. The molecule has 6 heteroatoms. The van der Waals surface area contributed by atoms with E-state index in [4.69, 9.17) is 0 Å².